The molecule has 0 radical (unpaired) electrons. The molecule has 8 nitrogen and oxygen atoms in total. The summed E-state index contributed by atoms with van der Waals surface area (Å²) in [5.41, 5.74) is 9.16. The number of nitrogens with two attached hydrogens (primary N) is 1. The molecule has 2 aromatic rings. The molecule has 2 aliphatic carbocycles. The van der Waals surface area contributed by atoms with Gasteiger partial charge in [0.1, 0.15) is 11.8 Å². The molecule has 1 amide bonds. The van der Waals surface area contributed by atoms with Gasteiger partial charge in [-0.3, -0.25) is 9.69 Å². The molecule has 1 saturated heterocycles. The number of rotatable bonds is 6. The van der Waals surface area contributed by atoms with Gasteiger partial charge in [-0.25, -0.2) is 0 Å². The van der Waals surface area contributed by atoms with E-state index in [-0.39, 0.29) is 24.4 Å². The zero-order valence-electron chi connectivity index (χ0n) is 19.2. The topological polar surface area (TPSA) is 96.6 Å². The molecule has 2 unspecified atom stereocenters. The Hall–Kier alpha value is -2.87. The Kier molecular flexibility index (Phi) is 5.13. The molecule has 2 saturated carbocycles. The number of benzene rings is 1. The van der Waals surface area contributed by atoms with Gasteiger partial charge < -0.3 is 20.7 Å². The zero-order valence-corrected chi connectivity index (χ0v) is 19.2. The quantitative estimate of drug-likeness (QED) is 0.701. The summed E-state index contributed by atoms with van der Waals surface area (Å²) in [5.74, 6) is 3.18. The first-order chi connectivity index (χ1) is 16.0. The van der Waals surface area contributed by atoms with E-state index in [2.05, 4.69) is 46.4 Å². The van der Waals surface area contributed by atoms with E-state index in [1.54, 1.807) is 0 Å². The van der Waals surface area contributed by atoms with Crippen LogP contribution in [0.15, 0.2) is 24.3 Å². The van der Waals surface area contributed by atoms with E-state index in [1.165, 1.54) is 31.5 Å². The molecule has 0 bridgehead atoms. The maximum absolute atomic E-state index is 12.4. The third-order valence-corrected chi connectivity index (χ3v) is 7.87. The van der Waals surface area contributed by atoms with Crippen LogP contribution in [0.4, 0.5) is 17.3 Å². The number of fused-ring (bicyclic) bond motifs is 2. The van der Waals surface area contributed by atoms with E-state index in [9.17, 15) is 4.79 Å². The fourth-order valence-electron chi connectivity index (χ4n) is 6.01. The summed E-state index contributed by atoms with van der Waals surface area (Å²) in [7, 11) is 0. The predicted molar refractivity (Wildman–Crippen MR) is 127 cm³/mol. The van der Waals surface area contributed by atoms with Gasteiger partial charge in [0.25, 0.3) is 0 Å². The van der Waals surface area contributed by atoms with Gasteiger partial charge >= 0.3 is 6.01 Å². The van der Waals surface area contributed by atoms with Crippen LogP contribution in [0.5, 0.6) is 6.01 Å². The average Bonchev–Trinajstić information content (AvgIpc) is 3.19. The number of amides is 1. The summed E-state index contributed by atoms with van der Waals surface area (Å²) in [5, 5.41) is 2.85. The smallest absolute Gasteiger partial charge is 0.320 e. The van der Waals surface area contributed by atoms with Crippen molar-refractivity contribution < 1.29 is 9.53 Å². The second-order valence-corrected chi connectivity index (χ2v) is 10.2. The maximum Gasteiger partial charge on any atom is 0.320 e. The number of nitrogen functional groups attached to an aromatic ring is 1. The van der Waals surface area contributed by atoms with Crippen molar-refractivity contribution in [1.82, 2.24) is 14.9 Å². The number of anilines is 3. The molecule has 6 rings (SSSR count). The van der Waals surface area contributed by atoms with Crippen LogP contribution in [-0.4, -0.2) is 46.5 Å². The van der Waals surface area contributed by atoms with Crippen LogP contribution < -0.4 is 20.7 Å². The Bertz CT molecular complexity index is 1060. The van der Waals surface area contributed by atoms with Crippen LogP contribution in [0, 0.1) is 17.8 Å². The predicted octanol–water partition coefficient (Wildman–Crippen LogP) is 3.04. The van der Waals surface area contributed by atoms with Crippen molar-refractivity contribution in [2.24, 2.45) is 17.8 Å². The number of likely N-dealkylation sites (tertiary alicyclic amines) is 1. The number of hydrogen-bond donors (Lipinski definition) is 2. The second-order valence-electron chi connectivity index (χ2n) is 10.2. The van der Waals surface area contributed by atoms with Crippen molar-refractivity contribution in [3.8, 4) is 6.01 Å². The van der Waals surface area contributed by atoms with E-state index >= 15 is 0 Å². The minimum absolute atomic E-state index is 0.107. The summed E-state index contributed by atoms with van der Waals surface area (Å²) in [6, 6.07) is 8.93. The number of aromatic nitrogens is 2. The largest absolute Gasteiger partial charge is 0.460 e. The third kappa shape index (κ3) is 4.12. The molecule has 8 heteroatoms. The van der Waals surface area contributed by atoms with Gasteiger partial charge in [0.2, 0.25) is 5.91 Å². The molecular weight excluding hydrogens is 416 g/mol. The van der Waals surface area contributed by atoms with Crippen LogP contribution in [0.2, 0.25) is 0 Å². The number of hydrogen-bond acceptors (Lipinski definition) is 7. The van der Waals surface area contributed by atoms with Crippen LogP contribution in [0.3, 0.4) is 0 Å². The summed E-state index contributed by atoms with van der Waals surface area (Å²) in [6.07, 6.45) is 4.85. The fourth-order valence-corrected chi connectivity index (χ4v) is 6.01. The Labute approximate surface area is 194 Å². The number of carbonyl (C=O) groups excluding carboxylic acids is 1. The lowest BCUT2D eigenvalue weighted by atomic mass is 10.1. The lowest BCUT2D eigenvalue weighted by molar-refractivity contribution is -0.115. The van der Waals surface area contributed by atoms with Gasteiger partial charge in [-0.1, -0.05) is 31.2 Å². The Morgan fingerprint density at radius 1 is 1.12 bits per heavy atom. The number of carbonyl (C=O) groups is 1. The van der Waals surface area contributed by atoms with E-state index in [4.69, 9.17) is 15.5 Å². The molecule has 3 N–H and O–H groups in total. The van der Waals surface area contributed by atoms with E-state index in [0.29, 0.717) is 24.1 Å². The molecule has 3 heterocycles. The molecule has 4 aliphatic rings. The molecule has 2 atom stereocenters. The standard InChI is InChI=1S/C25H32N6O2/c1-15-19-10-18(11-20(15)19)33-25-28-23(26)22-24(29-25)31(14-21(32)27-22)13-17-6-4-5-16(9-17)12-30-7-2-3-8-30/h4-6,9,15,18-20H,2-3,7-8,10-14H2,1H3,(H,27,32)(H2,26,28,29). The zero-order chi connectivity index (χ0) is 22.5. The lowest BCUT2D eigenvalue weighted by Crippen LogP contribution is -2.39. The summed E-state index contributed by atoms with van der Waals surface area (Å²) in [4.78, 5) is 25.9. The van der Waals surface area contributed by atoms with Crippen molar-refractivity contribution in [3.05, 3.63) is 35.4 Å². The first kappa shape index (κ1) is 20.7. The highest BCUT2D eigenvalue weighted by molar-refractivity contribution is 6.03. The van der Waals surface area contributed by atoms with E-state index in [0.717, 1.165) is 42.7 Å². The van der Waals surface area contributed by atoms with Gasteiger partial charge in [0.15, 0.2) is 11.6 Å². The minimum Gasteiger partial charge on any atom is -0.460 e. The summed E-state index contributed by atoms with van der Waals surface area (Å²) in [6.45, 7) is 6.44. The molecule has 1 aromatic heterocycles. The Morgan fingerprint density at radius 2 is 1.85 bits per heavy atom. The van der Waals surface area contributed by atoms with Gasteiger partial charge in [-0.2, -0.15) is 9.97 Å². The lowest BCUT2D eigenvalue weighted by Gasteiger charge is -2.30. The first-order valence-corrected chi connectivity index (χ1v) is 12.2. The number of nitrogens with zero attached hydrogens (tertiary/aromatic N) is 4. The first-order valence-electron chi connectivity index (χ1n) is 12.2. The Balaban J connectivity index is 1.21. The van der Waals surface area contributed by atoms with E-state index in [1.807, 2.05) is 4.90 Å². The summed E-state index contributed by atoms with van der Waals surface area (Å²) < 4.78 is 6.14. The van der Waals surface area contributed by atoms with Crippen molar-refractivity contribution in [2.75, 3.05) is 35.6 Å². The SMILES string of the molecule is CC1C2CC(Oc3nc(N)c4c(n3)N(Cc3cccc(CN5CCCC5)c3)CC(=O)N4)CC12. The second kappa shape index (κ2) is 8.17. The van der Waals surface area contributed by atoms with Crippen LogP contribution >= 0.6 is 0 Å². The average molecular weight is 449 g/mol. The highest BCUT2D eigenvalue weighted by atomic mass is 16.5. The number of nitrogens with one attached hydrogen (secondary N) is 1. The van der Waals surface area contributed by atoms with Crippen molar-refractivity contribution in [3.63, 3.8) is 0 Å². The highest BCUT2D eigenvalue weighted by Gasteiger charge is 2.54. The minimum atomic E-state index is -0.107. The molecule has 2 aliphatic heterocycles. The molecule has 0 spiro atoms. The normalized spacial score (nSPS) is 28.4. The molecule has 33 heavy (non-hydrogen) atoms. The van der Waals surface area contributed by atoms with Crippen LogP contribution in [0.1, 0.15) is 43.7 Å². The molecule has 1 aromatic carbocycles. The number of ether oxygens (including phenoxy) is 1. The van der Waals surface area contributed by atoms with Gasteiger partial charge in [-0.05, 0) is 67.7 Å². The van der Waals surface area contributed by atoms with Crippen molar-refractivity contribution >= 4 is 23.2 Å². The van der Waals surface area contributed by atoms with Crippen LogP contribution in [0.25, 0.3) is 0 Å². The summed E-state index contributed by atoms with van der Waals surface area (Å²) >= 11 is 0. The monoisotopic (exact) mass is 448 g/mol. The van der Waals surface area contributed by atoms with Crippen LogP contribution in [-0.2, 0) is 17.9 Å². The molecule has 174 valence electrons. The molecule has 3 fully saturated rings. The van der Waals surface area contributed by atoms with Crippen molar-refractivity contribution in [2.45, 2.75) is 51.8 Å². The third-order valence-electron chi connectivity index (χ3n) is 7.87. The Morgan fingerprint density at radius 3 is 2.61 bits per heavy atom. The highest BCUT2D eigenvalue weighted by Crippen LogP contribution is 2.57. The van der Waals surface area contributed by atoms with Gasteiger partial charge in [0, 0.05) is 13.1 Å². The van der Waals surface area contributed by atoms with Gasteiger partial charge in [-0.15, -0.1) is 0 Å². The van der Waals surface area contributed by atoms with E-state index < -0.39 is 0 Å². The maximum atomic E-state index is 12.4. The van der Waals surface area contributed by atoms with Gasteiger partial charge in [0.05, 0.1) is 6.54 Å². The molecular formula is C25H32N6O2. The fraction of sp³-hybridized carbons (Fsp3) is 0.560. The van der Waals surface area contributed by atoms with Crippen molar-refractivity contribution in [1.29, 1.82) is 0 Å².